The number of hydrogen-bond donors (Lipinski definition) is 1. The van der Waals surface area contributed by atoms with Gasteiger partial charge in [0.15, 0.2) is 0 Å². The van der Waals surface area contributed by atoms with Gasteiger partial charge in [-0.3, -0.25) is 0 Å². The first-order valence-electron chi connectivity index (χ1n) is 5.93. The monoisotopic (exact) mass is 233 g/mol. The standard InChI is InChI=1S/C16H11NO/c17-13-6-3-7-14-15(13)12-9-8-10-4-1-2-5-11(10)16(12)18-14/h1-9H,17H2. The Morgan fingerprint density at radius 3 is 2.61 bits per heavy atom. The molecule has 0 aliphatic carbocycles. The zero-order valence-electron chi connectivity index (χ0n) is 9.68. The molecular weight excluding hydrogens is 222 g/mol. The van der Waals surface area contributed by atoms with Crippen LogP contribution >= 0.6 is 0 Å². The van der Waals surface area contributed by atoms with Crippen LogP contribution in [0.2, 0.25) is 0 Å². The van der Waals surface area contributed by atoms with E-state index in [1.165, 1.54) is 5.39 Å². The van der Waals surface area contributed by atoms with Crippen LogP contribution in [0.3, 0.4) is 0 Å². The molecule has 18 heavy (non-hydrogen) atoms. The van der Waals surface area contributed by atoms with E-state index in [1.807, 2.05) is 30.3 Å². The molecule has 0 unspecified atom stereocenters. The van der Waals surface area contributed by atoms with Crippen LogP contribution in [0.5, 0.6) is 0 Å². The van der Waals surface area contributed by atoms with Crippen LogP contribution in [0.4, 0.5) is 5.69 Å². The first kappa shape index (κ1) is 9.54. The van der Waals surface area contributed by atoms with Gasteiger partial charge in [0.1, 0.15) is 11.2 Å². The summed E-state index contributed by atoms with van der Waals surface area (Å²) in [5.41, 5.74) is 8.58. The predicted octanol–water partition coefficient (Wildman–Crippen LogP) is 4.32. The lowest BCUT2D eigenvalue weighted by molar-refractivity contribution is 0.673. The Kier molecular flexibility index (Phi) is 1.73. The molecule has 4 rings (SSSR count). The molecular formula is C16H11NO. The molecule has 4 aromatic rings. The number of hydrogen-bond acceptors (Lipinski definition) is 2. The first-order chi connectivity index (χ1) is 8.84. The molecule has 3 aromatic carbocycles. The third-order valence-corrected chi connectivity index (χ3v) is 3.42. The van der Waals surface area contributed by atoms with Crippen molar-refractivity contribution in [2.45, 2.75) is 0 Å². The highest BCUT2D eigenvalue weighted by atomic mass is 16.3. The molecule has 86 valence electrons. The van der Waals surface area contributed by atoms with Crippen LogP contribution in [0.25, 0.3) is 32.7 Å². The van der Waals surface area contributed by atoms with Crippen LogP contribution < -0.4 is 5.73 Å². The quantitative estimate of drug-likeness (QED) is 0.459. The summed E-state index contributed by atoms with van der Waals surface area (Å²) in [4.78, 5) is 0. The van der Waals surface area contributed by atoms with E-state index in [1.54, 1.807) is 0 Å². The van der Waals surface area contributed by atoms with Crippen LogP contribution in [-0.4, -0.2) is 0 Å². The van der Waals surface area contributed by atoms with Gasteiger partial charge in [0.25, 0.3) is 0 Å². The van der Waals surface area contributed by atoms with Gasteiger partial charge in [-0.05, 0) is 23.6 Å². The minimum Gasteiger partial charge on any atom is -0.455 e. The first-order valence-corrected chi connectivity index (χ1v) is 5.93. The maximum absolute atomic E-state index is 6.05. The van der Waals surface area contributed by atoms with Gasteiger partial charge in [-0.2, -0.15) is 0 Å². The molecule has 0 atom stereocenters. The largest absolute Gasteiger partial charge is 0.455 e. The lowest BCUT2D eigenvalue weighted by Crippen LogP contribution is -1.83. The van der Waals surface area contributed by atoms with Gasteiger partial charge in [0, 0.05) is 16.5 Å². The molecule has 0 aliphatic rings. The third kappa shape index (κ3) is 1.12. The van der Waals surface area contributed by atoms with Crippen LogP contribution in [0, 0.1) is 0 Å². The Labute approximate surface area is 104 Å². The molecule has 2 heteroatoms. The fraction of sp³-hybridized carbons (Fsp3) is 0. The number of benzene rings is 3. The Morgan fingerprint density at radius 2 is 1.67 bits per heavy atom. The summed E-state index contributed by atoms with van der Waals surface area (Å²) in [6, 6.07) is 18.2. The van der Waals surface area contributed by atoms with Crippen molar-refractivity contribution in [3.05, 3.63) is 54.6 Å². The molecule has 0 saturated heterocycles. The van der Waals surface area contributed by atoms with E-state index in [4.69, 9.17) is 10.2 Å². The number of rotatable bonds is 0. The zero-order chi connectivity index (χ0) is 12.1. The molecule has 0 saturated carbocycles. The average Bonchev–Trinajstić information content (AvgIpc) is 2.79. The lowest BCUT2D eigenvalue weighted by Gasteiger charge is -1.98. The SMILES string of the molecule is Nc1cccc2oc3c4ccccc4ccc3c12. The van der Waals surface area contributed by atoms with E-state index < -0.39 is 0 Å². The smallest absolute Gasteiger partial charge is 0.143 e. The van der Waals surface area contributed by atoms with E-state index in [0.29, 0.717) is 0 Å². The van der Waals surface area contributed by atoms with Crippen molar-refractivity contribution in [3.63, 3.8) is 0 Å². The second-order valence-corrected chi connectivity index (χ2v) is 4.49. The predicted molar refractivity (Wildman–Crippen MR) is 75.6 cm³/mol. The molecule has 0 aliphatic heterocycles. The van der Waals surface area contributed by atoms with Gasteiger partial charge < -0.3 is 10.2 Å². The molecule has 2 nitrogen and oxygen atoms in total. The number of furan rings is 1. The molecule has 0 bridgehead atoms. The van der Waals surface area contributed by atoms with Crippen LogP contribution in [0.1, 0.15) is 0 Å². The van der Waals surface area contributed by atoms with Crippen molar-refractivity contribution in [2.24, 2.45) is 0 Å². The maximum Gasteiger partial charge on any atom is 0.143 e. The van der Waals surface area contributed by atoms with Gasteiger partial charge in [-0.15, -0.1) is 0 Å². The third-order valence-electron chi connectivity index (χ3n) is 3.42. The second-order valence-electron chi connectivity index (χ2n) is 4.49. The van der Waals surface area contributed by atoms with Crippen molar-refractivity contribution < 1.29 is 4.42 Å². The molecule has 2 N–H and O–H groups in total. The molecule has 1 aromatic heterocycles. The highest BCUT2D eigenvalue weighted by molar-refractivity contribution is 6.18. The Bertz CT molecular complexity index is 889. The average molecular weight is 233 g/mol. The lowest BCUT2D eigenvalue weighted by atomic mass is 10.1. The Hall–Kier alpha value is -2.48. The Balaban J connectivity index is 2.34. The minimum absolute atomic E-state index is 0.765. The van der Waals surface area contributed by atoms with Gasteiger partial charge in [-0.25, -0.2) is 0 Å². The summed E-state index contributed by atoms with van der Waals surface area (Å²) in [7, 11) is 0. The van der Waals surface area contributed by atoms with Crippen molar-refractivity contribution in [2.75, 3.05) is 5.73 Å². The van der Waals surface area contributed by atoms with E-state index >= 15 is 0 Å². The van der Waals surface area contributed by atoms with Crippen molar-refractivity contribution in [1.82, 2.24) is 0 Å². The fourth-order valence-corrected chi connectivity index (χ4v) is 2.58. The highest BCUT2D eigenvalue weighted by Gasteiger charge is 2.11. The summed E-state index contributed by atoms with van der Waals surface area (Å²) < 4.78 is 5.97. The summed E-state index contributed by atoms with van der Waals surface area (Å²) in [5.74, 6) is 0. The number of nitrogen functional groups attached to an aromatic ring is 1. The van der Waals surface area contributed by atoms with Gasteiger partial charge in [0.2, 0.25) is 0 Å². The highest BCUT2D eigenvalue weighted by Crippen LogP contribution is 2.36. The van der Waals surface area contributed by atoms with Crippen molar-refractivity contribution in [3.8, 4) is 0 Å². The summed E-state index contributed by atoms with van der Waals surface area (Å²) >= 11 is 0. The van der Waals surface area contributed by atoms with Gasteiger partial charge >= 0.3 is 0 Å². The number of fused-ring (bicyclic) bond motifs is 5. The summed E-state index contributed by atoms with van der Waals surface area (Å²) in [6.45, 7) is 0. The van der Waals surface area contributed by atoms with Crippen LogP contribution in [0.15, 0.2) is 59.0 Å². The zero-order valence-corrected chi connectivity index (χ0v) is 9.68. The number of anilines is 1. The van der Waals surface area contributed by atoms with E-state index in [-0.39, 0.29) is 0 Å². The van der Waals surface area contributed by atoms with Gasteiger partial charge in [0.05, 0.1) is 5.39 Å². The molecule has 0 spiro atoms. The van der Waals surface area contributed by atoms with Gasteiger partial charge in [-0.1, -0.05) is 36.4 Å². The second kappa shape index (κ2) is 3.26. The summed E-state index contributed by atoms with van der Waals surface area (Å²) in [6.07, 6.45) is 0. The summed E-state index contributed by atoms with van der Waals surface area (Å²) in [5, 5.41) is 4.41. The molecule has 0 fully saturated rings. The molecule has 1 heterocycles. The number of nitrogens with two attached hydrogens (primary N) is 1. The van der Waals surface area contributed by atoms with E-state index in [9.17, 15) is 0 Å². The maximum atomic E-state index is 6.05. The minimum atomic E-state index is 0.765. The van der Waals surface area contributed by atoms with Crippen molar-refractivity contribution >= 4 is 38.4 Å². The van der Waals surface area contributed by atoms with Crippen molar-refractivity contribution in [1.29, 1.82) is 0 Å². The van der Waals surface area contributed by atoms with E-state index in [0.717, 1.165) is 33.0 Å². The normalized spacial score (nSPS) is 11.6. The van der Waals surface area contributed by atoms with Crippen LogP contribution in [-0.2, 0) is 0 Å². The topological polar surface area (TPSA) is 39.2 Å². The Morgan fingerprint density at radius 1 is 0.778 bits per heavy atom. The van der Waals surface area contributed by atoms with E-state index in [2.05, 4.69) is 24.3 Å². The molecule has 0 amide bonds. The molecule has 0 radical (unpaired) electrons. The fourth-order valence-electron chi connectivity index (χ4n) is 2.58.